The molecule has 1 aromatic carbocycles. The van der Waals surface area contributed by atoms with Crippen molar-refractivity contribution in [3.05, 3.63) is 38.9 Å². The number of nitro groups is 1. The quantitative estimate of drug-likeness (QED) is 0.473. The molecule has 0 spiro atoms. The molecule has 0 aromatic heterocycles. The van der Waals surface area contributed by atoms with Crippen LogP contribution in [0.1, 0.15) is 10.4 Å². The van der Waals surface area contributed by atoms with E-state index in [1.807, 2.05) is 0 Å². The molecule has 0 bridgehead atoms. The van der Waals surface area contributed by atoms with Gasteiger partial charge in [0.2, 0.25) is 0 Å². The lowest BCUT2D eigenvalue weighted by atomic mass is 10.1. The molecule has 0 N–H and O–H groups in total. The van der Waals surface area contributed by atoms with Crippen molar-refractivity contribution < 1.29 is 9.72 Å². The monoisotopic (exact) mass is 278 g/mol. The first-order chi connectivity index (χ1) is 9.01. The fraction of sp³-hybridized carbons (Fsp3) is 0.182. The second-order valence-electron chi connectivity index (χ2n) is 3.40. The van der Waals surface area contributed by atoms with Crippen LogP contribution in [0.3, 0.4) is 0 Å². The average molecular weight is 279 g/mol. The lowest BCUT2D eigenvalue weighted by molar-refractivity contribution is -0.385. The van der Waals surface area contributed by atoms with E-state index in [0.29, 0.717) is 0 Å². The van der Waals surface area contributed by atoms with E-state index >= 15 is 0 Å². The number of carbonyl (C=O) groups excluding carboxylic acids is 1. The minimum absolute atomic E-state index is 0.121. The third-order valence-corrected chi connectivity index (χ3v) is 2.43. The molecule has 0 aliphatic rings. The van der Waals surface area contributed by atoms with Crippen LogP contribution in [0, 0.1) is 32.8 Å². The van der Waals surface area contributed by atoms with Crippen molar-refractivity contribution >= 4 is 23.2 Å². The number of hydrogen-bond donors (Lipinski definition) is 0. The predicted octanol–water partition coefficient (Wildman–Crippen LogP) is 1.74. The number of benzene rings is 1. The van der Waals surface area contributed by atoms with Gasteiger partial charge >= 0.3 is 0 Å². The topological polar surface area (TPSA) is 111 Å². The Morgan fingerprint density at radius 2 is 1.95 bits per heavy atom. The molecular weight excluding hydrogens is 272 g/mol. The Morgan fingerprint density at radius 1 is 1.37 bits per heavy atom. The van der Waals surface area contributed by atoms with Crippen LogP contribution in [0.4, 0.5) is 5.69 Å². The number of nitrogens with zero attached hydrogens (tertiary/aromatic N) is 4. The van der Waals surface area contributed by atoms with Crippen LogP contribution < -0.4 is 0 Å². The van der Waals surface area contributed by atoms with Gasteiger partial charge < -0.3 is 4.90 Å². The summed E-state index contributed by atoms with van der Waals surface area (Å²) >= 11 is 5.63. The van der Waals surface area contributed by atoms with Gasteiger partial charge in [-0.15, -0.1) is 0 Å². The SMILES string of the molecule is N#CCN(CC#N)C(=O)c1ccc(Cl)cc1[N+](=O)[O-]. The number of hydrogen-bond acceptors (Lipinski definition) is 5. The number of nitro benzene ring substituents is 1. The van der Waals surface area contributed by atoms with Crippen LogP contribution in [-0.4, -0.2) is 28.8 Å². The Bertz CT molecular complexity index is 587. The van der Waals surface area contributed by atoms with Crippen molar-refractivity contribution in [2.45, 2.75) is 0 Å². The molecule has 0 saturated heterocycles. The second kappa shape index (κ2) is 6.34. The fourth-order valence-electron chi connectivity index (χ4n) is 1.38. The molecule has 1 rings (SSSR count). The Balaban J connectivity index is 3.22. The van der Waals surface area contributed by atoms with Crippen LogP contribution in [-0.2, 0) is 0 Å². The molecule has 1 amide bonds. The molecule has 0 fully saturated rings. The molecule has 0 saturated carbocycles. The van der Waals surface area contributed by atoms with Gasteiger partial charge in [-0.1, -0.05) is 11.6 Å². The summed E-state index contributed by atoms with van der Waals surface area (Å²) in [6.45, 7) is -0.654. The van der Waals surface area contributed by atoms with E-state index in [1.54, 1.807) is 12.1 Å². The van der Waals surface area contributed by atoms with E-state index in [1.165, 1.54) is 12.1 Å². The standard InChI is InChI=1S/C11H7ClN4O3/c12-8-1-2-9(10(7-8)16(18)19)11(17)15(5-3-13)6-4-14/h1-2,7H,5-6H2. The molecule has 0 heterocycles. The molecule has 0 unspecified atom stereocenters. The Hall–Kier alpha value is -2.64. The van der Waals surface area contributed by atoms with E-state index in [0.717, 1.165) is 11.0 Å². The zero-order valence-corrected chi connectivity index (χ0v) is 10.3. The van der Waals surface area contributed by atoms with E-state index < -0.39 is 16.5 Å². The zero-order chi connectivity index (χ0) is 14.4. The fourth-order valence-corrected chi connectivity index (χ4v) is 1.54. The summed E-state index contributed by atoms with van der Waals surface area (Å²) < 4.78 is 0. The van der Waals surface area contributed by atoms with Gasteiger partial charge in [-0.2, -0.15) is 10.5 Å². The van der Waals surface area contributed by atoms with E-state index in [4.69, 9.17) is 22.1 Å². The van der Waals surface area contributed by atoms with E-state index in [-0.39, 0.29) is 23.7 Å². The molecule has 0 radical (unpaired) electrons. The number of rotatable bonds is 4. The largest absolute Gasteiger partial charge is 0.312 e. The highest BCUT2D eigenvalue weighted by Crippen LogP contribution is 2.24. The predicted molar refractivity (Wildman–Crippen MR) is 65.2 cm³/mol. The van der Waals surface area contributed by atoms with Crippen molar-refractivity contribution in [3.8, 4) is 12.1 Å². The van der Waals surface area contributed by atoms with E-state index in [2.05, 4.69) is 0 Å². The van der Waals surface area contributed by atoms with E-state index in [9.17, 15) is 14.9 Å². The Kier molecular flexibility index (Phi) is 4.81. The molecule has 0 atom stereocenters. The maximum Gasteiger partial charge on any atom is 0.283 e. The highest BCUT2D eigenvalue weighted by molar-refractivity contribution is 6.31. The lowest BCUT2D eigenvalue weighted by Gasteiger charge is -2.15. The van der Waals surface area contributed by atoms with Crippen molar-refractivity contribution in [1.29, 1.82) is 10.5 Å². The van der Waals surface area contributed by atoms with Gasteiger partial charge in [-0.05, 0) is 12.1 Å². The number of halogens is 1. The summed E-state index contributed by atoms with van der Waals surface area (Å²) in [6.07, 6.45) is 0. The van der Waals surface area contributed by atoms with Gasteiger partial charge in [-0.3, -0.25) is 14.9 Å². The molecule has 19 heavy (non-hydrogen) atoms. The molecule has 7 nitrogen and oxygen atoms in total. The van der Waals surface area contributed by atoms with Crippen LogP contribution in [0.15, 0.2) is 18.2 Å². The Morgan fingerprint density at radius 3 is 2.42 bits per heavy atom. The highest BCUT2D eigenvalue weighted by Gasteiger charge is 2.24. The minimum atomic E-state index is -0.758. The number of nitriles is 2. The van der Waals surface area contributed by atoms with Crippen molar-refractivity contribution in [2.75, 3.05) is 13.1 Å². The van der Waals surface area contributed by atoms with Crippen LogP contribution in [0.25, 0.3) is 0 Å². The number of amides is 1. The summed E-state index contributed by atoms with van der Waals surface area (Å²) in [5.74, 6) is -0.758. The summed E-state index contributed by atoms with van der Waals surface area (Å²) in [6, 6.07) is 7.02. The first-order valence-electron chi connectivity index (χ1n) is 4.98. The molecule has 96 valence electrons. The third-order valence-electron chi connectivity index (χ3n) is 2.20. The highest BCUT2D eigenvalue weighted by atomic mass is 35.5. The maximum atomic E-state index is 12.0. The second-order valence-corrected chi connectivity index (χ2v) is 3.83. The normalized spacial score (nSPS) is 9.21. The van der Waals surface area contributed by atoms with Gasteiger partial charge in [0, 0.05) is 11.1 Å². The van der Waals surface area contributed by atoms with Gasteiger partial charge in [0.15, 0.2) is 0 Å². The zero-order valence-electron chi connectivity index (χ0n) is 9.54. The first-order valence-corrected chi connectivity index (χ1v) is 5.36. The molecular formula is C11H7ClN4O3. The third kappa shape index (κ3) is 3.41. The molecule has 0 aliphatic heterocycles. The smallest absolute Gasteiger partial charge is 0.283 e. The summed E-state index contributed by atoms with van der Waals surface area (Å²) in [5, 5.41) is 28.1. The summed E-state index contributed by atoms with van der Waals surface area (Å²) in [5.41, 5.74) is -0.668. The summed E-state index contributed by atoms with van der Waals surface area (Å²) in [7, 11) is 0. The van der Waals surface area contributed by atoms with Crippen LogP contribution in [0.5, 0.6) is 0 Å². The molecule has 8 heteroatoms. The van der Waals surface area contributed by atoms with Crippen molar-refractivity contribution in [3.63, 3.8) is 0 Å². The average Bonchev–Trinajstić information content (AvgIpc) is 2.37. The first kappa shape index (κ1) is 14.4. The van der Waals surface area contributed by atoms with Gasteiger partial charge in [0.05, 0.1) is 17.1 Å². The van der Waals surface area contributed by atoms with Crippen molar-refractivity contribution in [1.82, 2.24) is 4.90 Å². The molecule has 0 aliphatic carbocycles. The van der Waals surface area contributed by atoms with Crippen molar-refractivity contribution in [2.24, 2.45) is 0 Å². The van der Waals surface area contributed by atoms with Crippen LogP contribution in [0.2, 0.25) is 5.02 Å². The maximum absolute atomic E-state index is 12.0. The summed E-state index contributed by atoms with van der Waals surface area (Å²) in [4.78, 5) is 23.1. The van der Waals surface area contributed by atoms with Gasteiger partial charge in [0.1, 0.15) is 18.7 Å². The Labute approximate surface area is 113 Å². The minimum Gasteiger partial charge on any atom is -0.312 e. The van der Waals surface area contributed by atoms with Gasteiger partial charge in [0.25, 0.3) is 11.6 Å². The van der Waals surface area contributed by atoms with Gasteiger partial charge in [-0.25, -0.2) is 0 Å². The molecule has 1 aromatic rings. The van der Waals surface area contributed by atoms with Crippen LogP contribution >= 0.6 is 11.6 Å². The number of carbonyl (C=O) groups is 1. The lowest BCUT2D eigenvalue weighted by Crippen LogP contribution is -2.32.